The second kappa shape index (κ2) is 7.64. The van der Waals surface area contributed by atoms with Gasteiger partial charge in [-0.15, -0.1) is 0 Å². The predicted octanol–water partition coefficient (Wildman–Crippen LogP) is 2.26. The first kappa shape index (κ1) is 16.1. The van der Waals surface area contributed by atoms with Crippen molar-refractivity contribution in [2.75, 3.05) is 0 Å². The molecule has 1 aromatic heterocycles. The zero-order chi connectivity index (χ0) is 15.9. The molecule has 4 N–H and O–H groups in total. The van der Waals surface area contributed by atoms with Crippen molar-refractivity contribution in [2.24, 2.45) is 5.73 Å². The largest absolute Gasteiger partial charge is 0.368 e. The summed E-state index contributed by atoms with van der Waals surface area (Å²) < 4.78 is 0. The molecule has 0 radical (unpaired) electrons. The van der Waals surface area contributed by atoms with E-state index in [0.717, 1.165) is 35.7 Å². The van der Waals surface area contributed by atoms with Gasteiger partial charge in [-0.1, -0.05) is 38.0 Å². The standard InChI is InChI=1S/C17H23N3O2/c1-2-3-4-9-16(21)20-15(17(18)22)10-12-11-19-14-8-6-5-7-13(12)14/h5-8,11,15,19H,2-4,9-10H2,1H3,(H2,18,22)(H,20,21)/t15-/m0/s1. The number of nitrogens with two attached hydrogens (primary N) is 1. The number of fused-ring (bicyclic) bond motifs is 1. The fourth-order valence-electron chi connectivity index (χ4n) is 2.55. The number of aromatic amines is 1. The molecule has 0 unspecified atom stereocenters. The van der Waals surface area contributed by atoms with Gasteiger partial charge in [-0.2, -0.15) is 0 Å². The summed E-state index contributed by atoms with van der Waals surface area (Å²) in [4.78, 5) is 26.7. The Labute approximate surface area is 130 Å². The van der Waals surface area contributed by atoms with Crippen molar-refractivity contribution in [2.45, 2.75) is 45.1 Å². The fraction of sp³-hybridized carbons (Fsp3) is 0.412. The van der Waals surface area contributed by atoms with E-state index in [9.17, 15) is 9.59 Å². The Morgan fingerprint density at radius 3 is 2.77 bits per heavy atom. The average molecular weight is 301 g/mol. The number of benzene rings is 1. The van der Waals surface area contributed by atoms with Crippen LogP contribution in [0.2, 0.25) is 0 Å². The summed E-state index contributed by atoms with van der Waals surface area (Å²) in [5.74, 6) is -0.619. The van der Waals surface area contributed by atoms with Gasteiger partial charge in [0.2, 0.25) is 11.8 Å². The van der Waals surface area contributed by atoms with Crippen LogP contribution in [0.15, 0.2) is 30.5 Å². The molecular formula is C17H23N3O2. The number of nitrogens with one attached hydrogen (secondary N) is 2. The van der Waals surface area contributed by atoms with Crippen LogP contribution in [0.3, 0.4) is 0 Å². The Balaban J connectivity index is 2.03. The van der Waals surface area contributed by atoms with Gasteiger partial charge in [0, 0.05) is 29.9 Å². The molecule has 0 saturated heterocycles. The summed E-state index contributed by atoms with van der Waals surface area (Å²) in [5.41, 5.74) is 7.43. The number of carbonyl (C=O) groups is 2. The molecule has 0 fully saturated rings. The molecule has 5 heteroatoms. The van der Waals surface area contributed by atoms with Gasteiger partial charge in [0.25, 0.3) is 0 Å². The minimum Gasteiger partial charge on any atom is -0.368 e. The molecule has 0 bridgehead atoms. The van der Waals surface area contributed by atoms with Crippen LogP contribution >= 0.6 is 0 Å². The molecule has 0 saturated carbocycles. The third-order valence-electron chi connectivity index (χ3n) is 3.79. The monoisotopic (exact) mass is 301 g/mol. The van der Waals surface area contributed by atoms with Crippen LogP contribution in [0.25, 0.3) is 10.9 Å². The molecule has 1 atom stereocenters. The van der Waals surface area contributed by atoms with E-state index in [4.69, 9.17) is 5.73 Å². The summed E-state index contributed by atoms with van der Waals surface area (Å²) in [5, 5.41) is 3.80. The van der Waals surface area contributed by atoms with E-state index in [1.165, 1.54) is 0 Å². The zero-order valence-electron chi connectivity index (χ0n) is 12.9. The van der Waals surface area contributed by atoms with Crippen molar-refractivity contribution in [3.63, 3.8) is 0 Å². The molecule has 0 spiro atoms. The van der Waals surface area contributed by atoms with Gasteiger partial charge in [0.05, 0.1) is 0 Å². The highest BCUT2D eigenvalue weighted by Gasteiger charge is 2.19. The van der Waals surface area contributed by atoms with E-state index in [-0.39, 0.29) is 5.91 Å². The Morgan fingerprint density at radius 2 is 2.05 bits per heavy atom. The van der Waals surface area contributed by atoms with E-state index in [2.05, 4.69) is 17.2 Å². The predicted molar refractivity (Wildman–Crippen MR) is 87.3 cm³/mol. The van der Waals surface area contributed by atoms with Crippen LogP contribution in [-0.4, -0.2) is 22.8 Å². The molecule has 118 valence electrons. The third-order valence-corrected chi connectivity index (χ3v) is 3.79. The molecule has 0 aliphatic carbocycles. The Bertz CT molecular complexity index is 648. The van der Waals surface area contributed by atoms with Crippen LogP contribution in [-0.2, 0) is 16.0 Å². The van der Waals surface area contributed by atoms with E-state index >= 15 is 0 Å². The number of carbonyl (C=O) groups excluding carboxylic acids is 2. The first-order valence-corrected chi connectivity index (χ1v) is 7.75. The molecule has 2 amide bonds. The number of rotatable bonds is 8. The summed E-state index contributed by atoms with van der Waals surface area (Å²) in [7, 11) is 0. The van der Waals surface area contributed by atoms with Crippen molar-refractivity contribution in [3.05, 3.63) is 36.0 Å². The van der Waals surface area contributed by atoms with Gasteiger partial charge in [0.1, 0.15) is 6.04 Å². The molecule has 22 heavy (non-hydrogen) atoms. The van der Waals surface area contributed by atoms with Crippen molar-refractivity contribution >= 4 is 22.7 Å². The number of hydrogen-bond acceptors (Lipinski definition) is 2. The topological polar surface area (TPSA) is 88.0 Å². The van der Waals surface area contributed by atoms with Gasteiger partial charge in [-0.05, 0) is 18.1 Å². The molecule has 2 rings (SSSR count). The number of hydrogen-bond donors (Lipinski definition) is 3. The fourth-order valence-corrected chi connectivity index (χ4v) is 2.55. The maximum Gasteiger partial charge on any atom is 0.240 e. The molecule has 2 aromatic rings. The normalized spacial score (nSPS) is 12.2. The first-order chi connectivity index (χ1) is 10.6. The molecule has 1 heterocycles. The van der Waals surface area contributed by atoms with E-state index in [0.29, 0.717) is 12.8 Å². The lowest BCUT2D eigenvalue weighted by Gasteiger charge is -2.15. The molecular weight excluding hydrogens is 278 g/mol. The highest BCUT2D eigenvalue weighted by Crippen LogP contribution is 2.19. The third kappa shape index (κ3) is 4.10. The lowest BCUT2D eigenvalue weighted by atomic mass is 10.0. The maximum atomic E-state index is 11.9. The highest BCUT2D eigenvalue weighted by atomic mass is 16.2. The van der Waals surface area contributed by atoms with Gasteiger partial charge >= 0.3 is 0 Å². The first-order valence-electron chi connectivity index (χ1n) is 7.75. The van der Waals surface area contributed by atoms with Crippen LogP contribution in [0, 0.1) is 0 Å². The average Bonchev–Trinajstić information content (AvgIpc) is 2.90. The van der Waals surface area contributed by atoms with Gasteiger partial charge in [-0.3, -0.25) is 9.59 Å². The number of primary amides is 1. The number of para-hydroxylation sites is 1. The van der Waals surface area contributed by atoms with Crippen LogP contribution in [0.5, 0.6) is 0 Å². The quantitative estimate of drug-likeness (QED) is 0.653. The zero-order valence-corrected chi connectivity index (χ0v) is 12.9. The second-order valence-electron chi connectivity index (χ2n) is 5.54. The molecule has 0 aliphatic rings. The molecule has 0 aliphatic heterocycles. The van der Waals surface area contributed by atoms with Crippen molar-refractivity contribution < 1.29 is 9.59 Å². The minimum absolute atomic E-state index is 0.114. The molecule has 1 aromatic carbocycles. The number of H-pyrrole nitrogens is 1. The summed E-state index contributed by atoms with van der Waals surface area (Å²) >= 11 is 0. The van der Waals surface area contributed by atoms with Crippen LogP contribution in [0.4, 0.5) is 0 Å². The second-order valence-corrected chi connectivity index (χ2v) is 5.54. The number of amides is 2. The maximum absolute atomic E-state index is 11.9. The smallest absolute Gasteiger partial charge is 0.240 e. The number of unbranched alkanes of at least 4 members (excludes halogenated alkanes) is 2. The van der Waals surface area contributed by atoms with E-state index in [1.807, 2.05) is 30.5 Å². The highest BCUT2D eigenvalue weighted by molar-refractivity contribution is 5.88. The minimum atomic E-state index is -0.673. The van der Waals surface area contributed by atoms with Gasteiger partial charge < -0.3 is 16.0 Å². The van der Waals surface area contributed by atoms with Crippen molar-refractivity contribution in [1.29, 1.82) is 0 Å². The summed E-state index contributed by atoms with van der Waals surface area (Å²) in [6.45, 7) is 2.08. The van der Waals surface area contributed by atoms with Crippen molar-refractivity contribution in [1.82, 2.24) is 10.3 Å². The van der Waals surface area contributed by atoms with Crippen molar-refractivity contribution in [3.8, 4) is 0 Å². The lowest BCUT2D eigenvalue weighted by Crippen LogP contribution is -2.45. The Kier molecular flexibility index (Phi) is 5.58. The number of aromatic nitrogens is 1. The van der Waals surface area contributed by atoms with E-state index < -0.39 is 11.9 Å². The molecule has 5 nitrogen and oxygen atoms in total. The SMILES string of the molecule is CCCCCC(=O)N[C@@H](Cc1c[nH]c2ccccc12)C(N)=O. The van der Waals surface area contributed by atoms with Crippen LogP contribution in [0.1, 0.15) is 38.2 Å². The summed E-state index contributed by atoms with van der Waals surface area (Å²) in [6.07, 6.45) is 5.61. The van der Waals surface area contributed by atoms with Gasteiger partial charge in [-0.25, -0.2) is 0 Å². The van der Waals surface area contributed by atoms with E-state index in [1.54, 1.807) is 0 Å². The lowest BCUT2D eigenvalue weighted by molar-refractivity contribution is -0.127. The Hall–Kier alpha value is -2.30. The van der Waals surface area contributed by atoms with Crippen LogP contribution < -0.4 is 11.1 Å². The van der Waals surface area contributed by atoms with Gasteiger partial charge in [0.15, 0.2) is 0 Å². The Morgan fingerprint density at radius 1 is 1.27 bits per heavy atom. The summed E-state index contributed by atoms with van der Waals surface area (Å²) in [6, 6.07) is 7.18.